The fourth-order valence-corrected chi connectivity index (χ4v) is 3.76. The highest BCUT2D eigenvalue weighted by Gasteiger charge is 2.23. The number of hydrogen-bond donors (Lipinski definition) is 0. The van der Waals surface area contributed by atoms with Crippen molar-refractivity contribution in [1.29, 1.82) is 0 Å². The summed E-state index contributed by atoms with van der Waals surface area (Å²) >= 11 is 11.6. The largest absolute Gasteiger partial charge is 0.293 e. The Morgan fingerprint density at radius 1 is 1.10 bits per heavy atom. The molecule has 0 aliphatic rings. The van der Waals surface area contributed by atoms with Crippen molar-refractivity contribution in [2.45, 2.75) is 4.90 Å². The highest BCUT2D eigenvalue weighted by atomic mass is 35.5. The molecule has 0 aromatic heterocycles. The Morgan fingerprint density at radius 3 is 2.48 bits per heavy atom. The summed E-state index contributed by atoms with van der Waals surface area (Å²) in [7, 11) is -3.96. The van der Waals surface area contributed by atoms with Gasteiger partial charge in [-0.2, -0.15) is 0 Å². The van der Waals surface area contributed by atoms with Gasteiger partial charge >= 0.3 is 0 Å². The quantitative estimate of drug-likeness (QED) is 0.791. The van der Waals surface area contributed by atoms with Crippen molar-refractivity contribution in [1.82, 2.24) is 0 Å². The molecule has 3 nitrogen and oxygen atoms in total. The number of carbonyl (C=O) groups is 1. The lowest BCUT2D eigenvalue weighted by atomic mass is 10.1. The van der Waals surface area contributed by atoms with E-state index in [4.69, 9.17) is 23.2 Å². The monoisotopic (exact) mass is 346 g/mol. The zero-order valence-electron chi connectivity index (χ0n) is 10.5. The molecule has 21 heavy (non-hydrogen) atoms. The molecule has 0 atom stereocenters. The molecule has 0 aliphatic carbocycles. The van der Waals surface area contributed by atoms with Gasteiger partial charge in [-0.1, -0.05) is 35.3 Å². The maximum absolute atomic E-state index is 13.1. The first-order chi connectivity index (χ1) is 9.79. The summed E-state index contributed by atoms with van der Waals surface area (Å²) in [6.07, 6.45) is 0. The third kappa shape index (κ3) is 3.81. The van der Waals surface area contributed by atoms with Gasteiger partial charge in [-0.05, 0) is 30.3 Å². The van der Waals surface area contributed by atoms with E-state index >= 15 is 0 Å². The third-order valence-corrected chi connectivity index (χ3v) is 5.02. The molecule has 0 saturated carbocycles. The zero-order valence-corrected chi connectivity index (χ0v) is 12.8. The van der Waals surface area contributed by atoms with Crippen LogP contribution in [-0.2, 0) is 9.84 Å². The Bertz CT molecular complexity index is 804. The second-order valence-corrected chi connectivity index (χ2v) is 7.07. The number of hydrogen-bond acceptors (Lipinski definition) is 3. The SMILES string of the molecule is O=C(CS(=O)(=O)c1cc(Cl)ccc1Cl)c1cccc(F)c1. The van der Waals surface area contributed by atoms with Crippen LogP contribution in [0.5, 0.6) is 0 Å². The average Bonchev–Trinajstić information content (AvgIpc) is 2.41. The third-order valence-electron chi connectivity index (χ3n) is 2.70. The molecule has 7 heteroatoms. The van der Waals surface area contributed by atoms with Gasteiger partial charge in [0.25, 0.3) is 0 Å². The number of ketones is 1. The normalized spacial score (nSPS) is 11.4. The molecule has 110 valence electrons. The van der Waals surface area contributed by atoms with Crippen LogP contribution < -0.4 is 0 Å². The first-order valence-electron chi connectivity index (χ1n) is 5.76. The topological polar surface area (TPSA) is 51.2 Å². The number of Topliss-reactive ketones (excluding diaryl/α,β-unsaturated/α-hetero) is 1. The smallest absolute Gasteiger partial charge is 0.187 e. The van der Waals surface area contributed by atoms with E-state index in [2.05, 4.69) is 0 Å². The molecule has 0 unspecified atom stereocenters. The minimum absolute atomic E-state index is 0.0169. The Kier molecular flexibility index (Phi) is 4.66. The number of halogens is 3. The maximum Gasteiger partial charge on any atom is 0.187 e. The first kappa shape index (κ1) is 15.9. The molecule has 0 bridgehead atoms. The number of carbonyl (C=O) groups excluding carboxylic acids is 1. The van der Waals surface area contributed by atoms with E-state index in [9.17, 15) is 17.6 Å². The fraction of sp³-hybridized carbons (Fsp3) is 0.0714. The number of benzene rings is 2. The molecule has 0 N–H and O–H groups in total. The van der Waals surface area contributed by atoms with Crippen molar-refractivity contribution >= 4 is 38.8 Å². The Hall–Kier alpha value is -1.43. The van der Waals surface area contributed by atoms with E-state index in [1.165, 1.54) is 36.4 Å². The van der Waals surface area contributed by atoms with Crippen molar-refractivity contribution in [3.63, 3.8) is 0 Å². The summed E-state index contributed by atoms with van der Waals surface area (Å²) in [4.78, 5) is 11.7. The lowest BCUT2D eigenvalue weighted by Crippen LogP contribution is -2.17. The van der Waals surface area contributed by atoms with Crippen molar-refractivity contribution in [2.75, 3.05) is 5.75 Å². The van der Waals surface area contributed by atoms with E-state index < -0.39 is 27.2 Å². The minimum Gasteiger partial charge on any atom is -0.293 e. The highest BCUT2D eigenvalue weighted by Crippen LogP contribution is 2.26. The van der Waals surface area contributed by atoms with Crippen LogP contribution in [-0.4, -0.2) is 20.0 Å². The molecular formula is C14H9Cl2FO3S. The molecule has 0 saturated heterocycles. The van der Waals surface area contributed by atoms with Gasteiger partial charge in [-0.25, -0.2) is 12.8 Å². The summed E-state index contributed by atoms with van der Waals surface area (Å²) in [6.45, 7) is 0. The van der Waals surface area contributed by atoms with Gasteiger partial charge in [0.1, 0.15) is 11.6 Å². The van der Waals surface area contributed by atoms with Crippen molar-refractivity contribution < 1.29 is 17.6 Å². The zero-order chi connectivity index (χ0) is 15.6. The Morgan fingerprint density at radius 2 is 1.81 bits per heavy atom. The molecule has 0 amide bonds. The van der Waals surface area contributed by atoms with Crippen molar-refractivity contribution in [3.8, 4) is 0 Å². The Labute approximate surface area is 131 Å². The van der Waals surface area contributed by atoms with E-state index in [1.807, 2.05) is 0 Å². The van der Waals surface area contributed by atoms with Gasteiger partial charge in [-0.15, -0.1) is 0 Å². The molecule has 2 aromatic rings. The van der Waals surface area contributed by atoms with Crippen LogP contribution in [0.15, 0.2) is 47.4 Å². The van der Waals surface area contributed by atoms with Crippen LogP contribution in [0, 0.1) is 5.82 Å². The maximum atomic E-state index is 13.1. The molecular weight excluding hydrogens is 338 g/mol. The van der Waals surface area contributed by atoms with Crippen LogP contribution in [0.2, 0.25) is 10.0 Å². The lowest BCUT2D eigenvalue weighted by Gasteiger charge is -2.07. The van der Waals surface area contributed by atoms with E-state index in [1.54, 1.807) is 0 Å². The standard InChI is InChI=1S/C14H9Cl2FO3S/c15-10-4-5-12(16)14(7-10)21(19,20)8-13(18)9-2-1-3-11(17)6-9/h1-7H,8H2. The number of rotatable bonds is 4. The van der Waals surface area contributed by atoms with E-state index in [-0.39, 0.29) is 20.5 Å². The second kappa shape index (κ2) is 6.13. The van der Waals surface area contributed by atoms with Crippen LogP contribution >= 0.6 is 23.2 Å². The predicted octanol–water partition coefficient (Wildman–Crippen LogP) is 3.79. The molecule has 2 aromatic carbocycles. The summed E-state index contributed by atoms with van der Waals surface area (Å²) in [5, 5.41) is 0.169. The Balaban J connectivity index is 2.33. The van der Waals surface area contributed by atoms with Crippen LogP contribution in [0.1, 0.15) is 10.4 Å². The van der Waals surface area contributed by atoms with Gasteiger partial charge in [0.15, 0.2) is 15.6 Å². The lowest BCUT2D eigenvalue weighted by molar-refractivity contribution is 0.102. The molecule has 0 aliphatic heterocycles. The van der Waals surface area contributed by atoms with Crippen molar-refractivity contribution in [3.05, 3.63) is 63.9 Å². The summed E-state index contributed by atoms with van der Waals surface area (Å²) in [5.74, 6) is -2.14. The molecule has 0 radical (unpaired) electrons. The summed E-state index contributed by atoms with van der Waals surface area (Å²) in [5.41, 5.74) is -0.0169. The van der Waals surface area contributed by atoms with Crippen LogP contribution in [0.4, 0.5) is 4.39 Å². The van der Waals surface area contributed by atoms with Gasteiger partial charge in [0.05, 0.1) is 9.92 Å². The van der Waals surface area contributed by atoms with E-state index in [0.717, 1.165) is 6.07 Å². The molecule has 2 rings (SSSR count). The van der Waals surface area contributed by atoms with Gasteiger partial charge in [-0.3, -0.25) is 4.79 Å². The average molecular weight is 347 g/mol. The van der Waals surface area contributed by atoms with Gasteiger partial charge in [0.2, 0.25) is 0 Å². The second-order valence-electron chi connectivity index (χ2n) is 4.27. The molecule has 0 heterocycles. The van der Waals surface area contributed by atoms with Gasteiger partial charge < -0.3 is 0 Å². The van der Waals surface area contributed by atoms with Crippen LogP contribution in [0.25, 0.3) is 0 Å². The summed E-state index contributed by atoms with van der Waals surface area (Å²) in [6, 6.07) is 8.79. The minimum atomic E-state index is -3.96. The fourth-order valence-electron chi connectivity index (χ4n) is 1.71. The molecule has 0 fully saturated rings. The predicted molar refractivity (Wildman–Crippen MR) is 79.2 cm³/mol. The van der Waals surface area contributed by atoms with Crippen molar-refractivity contribution in [2.24, 2.45) is 0 Å². The first-order valence-corrected chi connectivity index (χ1v) is 8.17. The highest BCUT2D eigenvalue weighted by molar-refractivity contribution is 7.92. The van der Waals surface area contributed by atoms with Gasteiger partial charge in [0, 0.05) is 10.6 Å². The summed E-state index contributed by atoms with van der Waals surface area (Å²) < 4.78 is 37.5. The van der Waals surface area contributed by atoms with E-state index in [0.29, 0.717) is 0 Å². The molecule has 0 spiro atoms. The van der Waals surface area contributed by atoms with Crippen LogP contribution in [0.3, 0.4) is 0 Å². The number of sulfone groups is 1.